The number of ether oxygens (including phenoxy) is 1. The van der Waals surface area contributed by atoms with E-state index in [1.54, 1.807) is 0 Å². The zero-order chi connectivity index (χ0) is 14.8. The number of aryl methyl sites for hydroxylation is 1. The van der Waals surface area contributed by atoms with Gasteiger partial charge in [-0.15, -0.1) is 0 Å². The van der Waals surface area contributed by atoms with E-state index >= 15 is 0 Å². The van der Waals surface area contributed by atoms with Crippen LogP contribution < -0.4 is 0 Å². The summed E-state index contributed by atoms with van der Waals surface area (Å²) in [5, 5.41) is 0.752. The van der Waals surface area contributed by atoms with E-state index in [2.05, 4.69) is 6.92 Å². The van der Waals surface area contributed by atoms with E-state index in [1.165, 1.54) is 0 Å². The van der Waals surface area contributed by atoms with Gasteiger partial charge < -0.3 is 9.64 Å². The molecule has 114 valence electrons. The van der Waals surface area contributed by atoms with Crippen molar-refractivity contribution in [3.8, 4) is 0 Å². The van der Waals surface area contributed by atoms with Gasteiger partial charge in [-0.05, 0) is 37.8 Å². The van der Waals surface area contributed by atoms with Gasteiger partial charge in [-0.25, -0.2) is 0 Å². The molecule has 0 saturated carbocycles. The average Bonchev–Trinajstić information content (AvgIpc) is 2.85. The first-order chi connectivity index (χ1) is 10.1. The molecule has 2 fully saturated rings. The van der Waals surface area contributed by atoms with Crippen LogP contribution in [0.1, 0.15) is 31.7 Å². The van der Waals surface area contributed by atoms with E-state index in [0.29, 0.717) is 24.5 Å². The number of carbonyl (C=O) groups excluding carboxylic acids is 1. The van der Waals surface area contributed by atoms with Crippen molar-refractivity contribution < 1.29 is 9.53 Å². The number of hydrogen-bond acceptors (Lipinski definition) is 2. The number of benzene rings is 1. The highest BCUT2D eigenvalue weighted by Gasteiger charge is 2.38. The van der Waals surface area contributed by atoms with E-state index in [0.717, 1.165) is 42.9 Å². The van der Waals surface area contributed by atoms with Crippen molar-refractivity contribution in [2.75, 3.05) is 13.1 Å². The van der Waals surface area contributed by atoms with Crippen molar-refractivity contribution in [1.82, 2.24) is 4.90 Å². The number of carbonyl (C=O) groups is 1. The zero-order valence-electron chi connectivity index (χ0n) is 12.4. The summed E-state index contributed by atoms with van der Waals surface area (Å²) < 4.78 is 5.88. The standard InChI is InChI=1S/C17H22ClNO2/c1-12-10-14-11-19(9-8-16(14)21-12)17(20)7-6-13-4-2-3-5-15(13)18/h2-5,12,14,16H,6-11H2,1H3/t12-,14-,16+/m1/s1. The summed E-state index contributed by atoms with van der Waals surface area (Å²) >= 11 is 6.14. The minimum Gasteiger partial charge on any atom is -0.375 e. The largest absolute Gasteiger partial charge is 0.375 e. The molecule has 0 aromatic heterocycles. The molecule has 1 aromatic carbocycles. The molecule has 3 nitrogen and oxygen atoms in total. The number of amides is 1. The van der Waals surface area contributed by atoms with Crippen LogP contribution in [0.3, 0.4) is 0 Å². The van der Waals surface area contributed by atoms with Crippen LogP contribution >= 0.6 is 11.6 Å². The summed E-state index contributed by atoms with van der Waals surface area (Å²) in [6.45, 7) is 3.81. The molecule has 2 aliphatic rings. The van der Waals surface area contributed by atoms with Crippen molar-refractivity contribution in [1.29, 1.82) is 0 Å². The number of halogens is 1. The fourth-order valence-electron chi connectivity index (χ4n) is 3.52. The van der Waals surface area contributed by atoms with Gasteiger partial charge >= 0.3 is 0 Å². The Bertz CT molecular complexity index is 519. The molecule has 2 aliphatic heterocycles. The van der Waals surface area contributed by atoms with E-state index in [9.17, 15) is 4.79 Å². The molecule has 0 radical (unpaired) electrons. The van der Waals surface area contributed by atoms with Gasteiger partial charge in [0.05, 0.1) is 12.2 Å². The molecule has 1 aromatic rings. The highest BCUT2D eigenvalue weighted by molar-refractivity contribution is 6.31. The zero-order valence-corrected chi connectivity index (χ0v) is 13.2. The normalized spacial score (nSPS) is 28.5. The lowest BCUT2D eigenvalue weighted by Gasteiger charge is -2.34. The summed E-state index contributed by atoms with van der Waals surface area (Å²) in [4.78, 5) is 14.4. The maximum atomic E-state index is 12.4. The Hall–Kier alpha value is -1.06. The molecule has 4 heteroatoms. The highest BCUT2D eigenvalue weighted by Crippen LogP contribution is 2.32. The molecule has 2 heterocycles. The van der Waals surface area contributed by atoms with E-state index in [-0.39, 0.29) is 5.91 Å². The summed E-state index contributed by atoms with van der Waals surface area (Å²) in [5.74, 6) is 0.769. The third-order valence-electron chi connectivity index (χ3n) is 4.62. The van der Waals surface area contributed by atoms with Crippen LogP contribution in [0.2, 0.25) is 5.02 Å². The molecule has 0 aliphatic carbocycles. The van der Waals surface area contributed by atoms with E-state index < -0.39 is 0 Å². The van der Waals surface area contributed by atoms with Crippen molar-refractivity contribution in [2.45, 2.75) is 44.8 Å². The van der Waals surface area contributed by atoms with Crippen molar-refractivity contribution >= 4 is 17.5 Å². The molecular formula is C17H22ClNO2. The highest BCUT2D eigenvalue weighted by atomic mass is 35.5. The number of nitrogens with zero attached hydrogens (tertiary/aromatic N) is 1. The van der Waals surface area contributed by atoms with Crippen LogP contribution in [0, 0.1) is 5.92 Å². The fourth-order valence-corrected chi connectivity index (χ4v) is 3.75. The summed E-state index contributed by atoms with van der Waals surface area (Å²) in [6.07, 6.45) is 4.03. The number of piperidine rings is 1. The van der Waals surface area contributed by atoms with Gasteiger partial charge in [0.15, 0.2) is 0 Å². The summed E-state index contributed by atoms with van der Waals surface area (Å²) in [6, 6.07) is 7.76. The number of fused-ring (bicyclic) bond motifs is 1. The third-order valence-corrected chi connectivity index (χ3v) is 4.99. The number of rotatable bonds is 3. The Morgan fingerprint density at radius 2 is 2.24 bits per heavy atom. The van der Waals surface area contributed by atoms with E-state index in [1.807, 2.05) is 29.2 Å². The molecule has 3 atom stereocenters. The Balaban J connectivity index is 1.53. The molecule has 1 amide bonds. The average molecular weight is 308 g/mol. The van der Waals surface area contributed by atoms with Gasteiger partial charge in [-0.2, -0.15) is 0 Å². The second-order valence-corrected chi connectivity index (χ2v) is 6.61. The van der Waals surface area contributed by atoms with Gasteiger partial charge in [0.1, 0.15) is 0 Å². The van der Waals surface area contributed by atoms with Gasteiger partial charge in [0, 0.05) is 30.5 Å². The summed E-state index contributed by atoms with van der Waals surface area (Å²) in [7, 11) is 0. The van der Waals surface area contributed by atoms with Crippen LogP contribution in [-0.4, -0.2) is 36.1 Å². The first-order valence-electron chi connectivity index (χ1n) is 7.80. The Labute approximate surface area is 131 Å². The van der Waals surface area contributed by atoms with Crippen molar-refractivity contribution in [3.05, 3.63) is 34.9 Å². The SMILES string of the molecule is C[C@@H]1C[C@@H]2CN(C(=O)CCc3ccccc3Cl)CC[C@@H]2O1. The molecule has 0 unspecified atom stereocenters. The molecule has 3 rings (SSSR count). The predicted molar refractivity (Wildman–Crippen MR) is 83.4 cm³/mol. The van der Waals surface area contributed by atoms with Crippen molar-refractivity contribution in [3.63, 3.8) is 0 Å². The second kappa shape index (κ2) is 6.37. The smallest absolute Gasteiger partial charge is 0.222 e. The molecule has 0 spiro atoms. The first kappa shape index (κ1) is 14.9. The molecule has 0 bridgehead atoms. The number of likely N-dealkylation sites (tertiary alicyclic amines) is 1. The van der Waals surface area contributed by atoms with Crippen LogP contribution in [-0.2, 0) is 16.0 Å². The first-order valence-corrected chi connectivity index (χ1v) is 8.18. The number of hydrogen-bond donors (Lipinski definition) is 0. The molecule has 21 heavy (non-hydrogen) atoms. The van der Waals surface area contributed by atoms with Crippen LogP contribution in [0.5, 0.6) is 0 Å². The Morgan fingerprint density at radius 1 is 1.43 bits per heavy atom. The van der Waals surface area contributed by atoms with Crippen LogP contribution in [0.15, 0.2) is 24.3 Å². The predicted octanol–water partition coefficient (Wildman–Crippen LogP) is 3.30. The lowest BCUT2D eigenvalue weighted by molar-refractivity contribution is -0.134. The quantitative estimate of drug-likeness (QED) is 0.857. The maximum Gasteiger partial charge on any atom is 0.222 e. The molecule has 2 saturated heterocycles. The maximum absolute atomic E-state index is 12.4. The molecular weight excluding hydrogens is 286 g/mol. The Morgan fingerprint density at radius 3 is 3.05 bits per heavy atom. The Kier molecular flexibility index (Phi) is 4.51. The lowest BCUT2D eigenvalue weighted by Crippen LogP contribution is -2.44. The van der Waals surface area contributed by atoms with Gasteiger partial charge in [-0.1, -0.05) is 29.8 Å². The molecule has 0 N–H and O–H groups in total. The lowest BCUT2D eigenvalue weighted by atomic mass is 9.93. The fraction of sp³-hybridized carbons (Fsp3) is 0.588. The third kappa shape index (κ3) is 3.41. The monoisotopic (exact) mass is 307 g/mol. The van der Waals surface area contributed by atoms with Gasteiger partial charge in [-0.3, -0.25) is 4.79 Å². The van der Waals surface area contributed by atoms with Crippen molar-refractivity contribution in [2.24, 2.45) is 5.92 Å². The van der Waals surface area contributed by atoms with Crippen LogP contribution in [0.25, 0.3) is 0 Å². The van der Waals surface area contributed by atoms with Gasteiger partial charge in [0.2, 0.25) is 5.91 Å². The minimum absolute atomic E-state index is 0.243. The summed E-state index contributed by atoms with van der Waals surface area (Å²) in [5.41, 5.74) is 1.06. The topological polar surface area (TPSA) is 29.5 Å². The second-order valence-electron chi connectivity index (χ2n) is 6.20. The van der Waals surface area contributed by atoms with Gasteiger partial charge in [0.25, 0.3) is 0 Å². The van der Waals surface area contributed by atoms with Crippen LogP contribution in [0.4, 0.5) is 0 Å². The minimum atomic E-state index is 0.243. The van der Waals surface area contributed by atoms with E-state index in [4.69, 9.17) is 16.3 Å².